The summed E-state index contributed by atoms with van der Waals surface area (Å²) in [7, 11) is 0. The maximum absolute atomic E-state index is 11.5. The Morgan fingerprint density at radius 2 is 0.732 bits per heavy atom. The largest absolute Gasteiger partial charge is 0.460 e. The normalized spacial score (nSPS) is 12.0. The second kappa shape index (κ2) is 26.1. The highest BCUT2D eigenvalue weighted by Crippen LogP contribution is 2.08. The number of hydrogen-bond donors (Lipinski definition) is 1. The number of ether oxygens (including phenoxy) is 10. The summed E-state index contributed by atoms with van der Waals surface area (Å²) in [6, 6.07) is 0. The van der Waals surface area contributed by atoms with Crippen molar-refractivity contribution in [3.05, 3.63) is 0 Å². The lowest BCUT2D eigenvalue weighted by Crippen LogP contribution is -2.34. The Bertz CT molecular complexity index is 570. The summed E-state index contributed by atoms with van der Waals surface area (Å²) < 4.78 is 53.6. The van der Waals surface area contributed by atoms with Gasteiger partial charge in [-0.15, -0.1) is 0 Å². The predicted octanol–water partition coefficient (Wildman–Crippen LogP) is 2.38. The minimum absolute atomic E-state index is 0.229. The van der Waals surface area contributed by atoms with Gasteiger partial charge in [0.1, 0.15) is 11.2 Å². The molecule has 0 rings (SSSR count). The average molecular weight is 598 g/mol. The topological polar surface area (TPSA) is 138 Å². The average Bonchev–Trinajstić information content (AvgIpc) is 2.86. The zero-order chi connectivity index (χ0) is 30.7. The number of rotatable bonds is 27. The molecule has 0 atom stereocenters. The van der Waals surface area contributed by atoms with Crippen molar-refractivity contribution in [3.8, 4) is 0 Å². The van der Waals surface area contributed by atoms with E-state index in [0.29, 0.717) is 112 Å². The van der Waals surface area contributed by atoms with E-state index >= 15 is 0 Å². The lowest BCUT2D eigenvalue weighted by atomic mass is 10.2. The number of carbonyl (C=O) groups excluding carboxylic acids is 2. The quantitative estimate of drug-likeness (QED) is 0.110. The maximum atomic E-state index is 11.5. The number of alkyl carbamates (subject to hydrolysis) is 1. The number of nitrogens with one attached hydrogen (secondary N) is 1. The SMILES string of the molecule is CC(C)(C)OC(=O)CCOCCOCCOCCOCCOCCOCCOCCOCCNC(=O)OC(C)(C)C. The summed E-state index contributed by atoms with van der Waals surface area (Å²) in [6.45, 7) is 18.5. The highest BCUT2D eigenvalue weighted by molar-refractivity contribution is 5.69. The molecule has 0 saturated heterocycles. The Morgan fingerprint density at radius 3 is 1.05 bits per heavy atom. The van der Waals surface area contributed by atoms with Crippen LogP contribution in [0, 0.1) is 0 Å². The first kappa shape index (κ1) is 39.4. The van der Waals surface area contributed by atoms with Crippen LogP contribution in [0.25, 0.3) is 0 Å². The van der Waals surface area contributed by atoms with E-state index in [1.165, 1.54) is 0 Å². The first-order chi connectivity index (χ1) is 19.5. The predicted molar refractivity (Wildman–Crippen MR) is 151 cm³/mol. The molecule has 0 aromatic rings. The molecule has 0 aromatic heterocycles. The van der Waals surface area contributed by atoms with E-state index in [4.69, 9.17) is 47.4 Å². The first-order valence-corrected chi connectivity index (χ1v) is 14.3. The zero-order valence-electron chi connectivity index (χ0n) is 26.1. The fourth-order valence-corrected chi connectivity index (χ4v) is 2.73. The molecule has 0 saturated carbocycles. The number of carbonyl (C=O) groups is 2. The third-order valence-electron chi connectivity index (χ3n) is 4.39. The second-order valence-electron chi connectivity index (χ2n) is 10.7. The second-order valence-corrected chi connectivity index (χ2v) is 10.7. The molecule has 0 bridgehead atoms. The Kier molecular flexibility index (Phi) is 25.1. The molecule has 0 spiro atoms. The van der Waals surface area contributed by atoms with Crippen molar-refractivity contribution in [2.24, 2.45) is 0 Å². The molecule has 0 heterocycles. The molecule has 0 unspecified atom stereocenters. The maximum Gasteiger partial charge on any atom is 0.407 e. The van der Waals surface area contributed by atoms with E-state index in [9.17, 15) is 9.59 Å². The van der Waals surface area contributed by atoms with Crippen molar-refractivity contribution in [3.63, 3.8) is 0 Å². The molecular weight excluding hydrogens is 542 g/mol. The Labute approximate surface area is 246 Å². The number of amides is 1. The van der Waals surface area contributed by atoms with Crippen LogP contribution in [-0.4, -0.2) is 136 Å². The Morgan fingerprint density at radius 1 is 0.439 bits per heavy atom. The monoisotopic (exact) mass is 597 g/mol. The molecule has 13 nitrogen and oxygen atoms in total. The van der Waals surface area contributed by atoms with Crippen molar-refractivity contribution in [2.45, 2.75) is 59.2 Å². The third kappa shape index (κ3) is 34.5. The smallest absolute Gasteiger partial charge is 0.407 e. The zero-order valence-corrected chi connectivity index (χ0v) is 26.1. The van der Waals surface area contributed by atoms with Crippen LogP contribution in [0.2, 0.25) is 0 Å². The van der Waals surface area contributed by atoms with Crippen LogP contribution in [-0.2, 0) is 52.2 Å². The van der Waals surface area contributed by atoms with Crippen LogP contribution in [0.1, 0.15) is 48.0 Å². The van der Waals surface area contributed by atoms with Crippen molar-refractivity contribution >= 4 is 12.1 Å². The molecule has 1 N–H and O–H groups in total. The first-order valence-electron chi connectivity index (χ1n) is 14.3. The van der Waals surface area contributed by atoms with E-state index in [-0.39, 0.29) is 12.4 Å². The molecule has 0 aliphatic heterocycles. The van der Waals surface area contributed by atoms with Gasteiger partial charge in [-0.2, -0.15) is 0 Å². The minimum Gasteiger partial charge on any atom is -0.460 e. The van der Waals surface area contributed by atoms with Crippen LogP contribution in [0.15, 0.2) is 0 Å². The molecule has 0 aromatic carbocycles. The fourth-order valence-electron chi connectivity index (χ4n) is 2.73. The molecule has 41 heavy (non-hydrogen) atoms. The molecular formula is C28H55NO12. The molecule has 0 aliphatic carbocycles. The van der Waals surface area contributed by atoms with Crippen molar-refractivity contribution in [1.82, 2.24) is 5.32 Å². The molecule has 13 heteroatoms. The minimum atomic E-state index is -0.512. The molecule has 0 fully saturated rings. The van der Waals surface area contributed by atoms with Crippen LogP contribution < -0.4 is 5.32 Å². The lowest BCUT2D eigenvalue weighted by Gasteiger charge is -2.19. The molecule has 0 aliphatic rings. The van der Waals surface area contributed by atoms with Gasteiger partial charge >= 0.3 is 12.1 Å². The molecule has 244 valence electrons. The van der Waals surface area contributed by atoms with Gasteiger partial charge in [-0.05, 0) is 41.5 Å². The summed E-state index contributed by atoms with van der Waals surface area (Å²) in [5.74, 6) is -0.268. The van der Waals surface area contributed by atoms with Crippen LogP contribution in [0.3, 0.4) is 0 Å². The van der Waals surface area contributed by atoms with E-state index in [1.54, 1.807) is 0 Å². The van der Waals surface area contributed by atoms with Gasteiger partial charge in [0.05, 0.1) is 112 Å². The summed E-state index contributed by atoms with van der Waals surface area (Å²) in [5, 5.41) is 2.62. The van der Waals surface area contributed by atoms with Gasteiger partial charge in [0.2, 0.25) is 0 Å². The number of esters is 1. The Hall–Kier alpha value is -1.58. The van der Waals surface area contributed by atoms with Crippen LogP contribution in [0.5, 0.6) is 0 Å². The lowest BCUT2D eigenvalue weighted by molar-refractivity contribution is -0.156. The highest BCUT2D eigenvalue weighted by Gasteiger charge is 2.16. The van der Waals surface area contributed by atoms with E-state index in [1.807, 2.05) is 41.5 Å². The van der Waals surface area contributed by atoms with E-state index in [2.05, 4.69) is 5.32 Å². The standard InChI is InChI=1S/C28H55NO12/c1-27(2,3)40-25(30)7-9-32-11-13-34-15-17-36-19-21-38-23-24-39-22-20-37-18-16-35-14-12-33-10-8-29-26(31)41-28(4,5)6/h7-24H2,1-6H3,(H,29,31). The fraction of sp³-hybridized carbons (Fsp3) is 0.929. The van der Waals surface area contributed by atoms with Gasteiger partial charge in [0.15, 0.2) is 0 Å². The van der Waals surface area contributed by atoms with Crippen LogP contribution in [0.4, 0.5) is 4.79 Å². The van der Waals surface area contributed by atoms with Gasteiger partial charge in [-0.25, -0.2) is 4.79 Å². The third-order valence-corrected chi connectivity index (χ3v) is 4.39. The van der Waals surface area contributed by atoms with Crippen molar-refractivity contribution in [1.29, 1.82) is 0 Å². The van der Waals surface area contributed by atoms with Gasteiger partial charge in [0.25, 0.3) is 0 Å². The molecule has 0 radical (unpaired) electrons. The van der Waals surface area contributed by atoms with E-state index < -0.39 is 17.3 Å². The molecule has 1 amide bonds. The van der Waals surface area contributed by atoms with Gasteiger partial charge in [-0.3, -0.25) is 4.79 Å². The summed E-state index contributed by atoms with van der Waals surface area (Å²) >= 11 is 0. The summed E-state index contributed by atoms with van der Waals surface area (Å²) in [5.41, 5.74) is -0.987. The van der Waals surface area contributed by atoms with Crippen molar-refractivity contribution in [2.75, 3.05) is 112 Å². The summed E-state index contributed by atoms with van der Waals surface area (Å²) in [6.07, 6.45) is -0.225. The van der Waals surface area contributed by atoms with Gasteiger partial charge in [0, 0.05) is 6.54 Å². The highest BCUT2D eigenvalue weighted by atomic mass is 16.6. The van der Waals surface area contributed by atoms with Crippen LogP contribution >= 0.6 is 0 Å². The number of hydrogen-bond acceptors (Lipinski definition) is 12. The van der Waals surface area contributed by atoms with Gasteiger partial charge in [-0.1, -0.05) is 0 Å². The van der Waals surface area contributed by atoms with E-state index in [0.717, 1.165) is 0 Å². The van der Waals surface area contributed by atoms with Gasteiger partial charge < -0.3 is 52.7 Å². The summed E-state index contributed by atoms with van der Waals surface area (Å²) in [4.78, 5) is 23.0. The Balaban J connectivity index is 3.16. The van der Waals surface area contributed by atoms with Crippen molar-refractivity contribution < 1.29 is 57.0 Å².